The SMILES string of the molecule is CCCCCC/C=C\C/C=C\CCCCCCCCCCOCC(COP(=O)(O)OCC[N+](C)(C)C)OC(=O)CCCCCCCCC/C=C\CCCCCCCCC. The molecular weight excluding hydrogens is 758 g/mol. The van der Waals surface area contributed by atoms with Crippen LogP contribution in [0.5, 0.6) is 0 Å². The van der Waals surface area contributed by atoms with Crippen molar-refractivity contribution in [2.75, 3.05) is 54.1 Å². The van der Waals surface area contributed by atoms with Gasteiger partial charge in [-0.05, 0) is 70.6 Å². The van der Waals surface area contributed by atoms with Crippen molar-refractivity contribution in [2.24, 2.45) is 0 Å². The number of phosphoric ester groups is 1. The Hall–Kier alpha value is -1.28. The van der Waals surface area contributed by atoms with Crippen LogP contribution < -0.4 is 0 Å². The van der Waals surface area contributed by atoms with Gasteiger partial charge in [-0.2, -0.15) is 0 Å². The summed E-state index contributed by atoms with van der Waals surface area (Å²) in [6.45, 7) is 5.61. The van der Waals surface area contributed by atoms with Crippen LogP contribution in [0.15, 0.2) is 36.5 Å². The van der Waals surface area contributed by atoms with Crippen molar-refractivity contribution in [1.82, 2.24) is 0 Å². The summed E-state index contributed by atoms with van der Waals surface area (Å²) in [5.41, 5.74) is 0. The zero-order valence-electron chi connectivity index (χ0n) is 39.5. The lowest BCUT2D eigenvalue weighted by Crippen LogP contribution is -2.37. The van der Waals surface area contributed by atoms with Crippen LogP contribution in [0.3, 0.4) is 0 Å². The van der Waals surface area contributed by atoms with E-state index in [0.29, 0.717) is 24.1 Å². The van der Waals surface area contributed by atoms with Crippen molar-refractivity contribution in [3.8, 4) is 0 Å². The van der Waals surface area contributed by atoms with E-state index in [2.05, 4.69) is 50.3 Å². The van der Waals surface area contributed by atoms with Crippen molar-refractivity contribution in [2.45, 2.75) is 225 Å². The maximum absolute atomic E-state index is 12.7. The lowest BCUT2D eigenvalue weighted by atomic mass is 10.1. The second-order valence-corrected chi connectivity index (χ2v) is 19.3. The van der Waals surface area contributed by atoms with Gasteiger partial charge in [0.05, 0.1) is 34.4 Å². The first-order valence-corrected chi connectivity index (χ1v) is 26.2. The second kappa shape index (κ2) is 43.4. The number of carbonyl (C=O) groups excluding carboxylic acids is 1. The molecule has 2 unspecified atom stereocenters. The molecule has 0 saturated carbocycles. The Morgan fingerprint density at radius 1 is 0.525 bits per heavy atom. The van der Waals surface area contributed by atoms with Crippen molar-refractivity contribution in [3.63, 3.8) is 0 Å². The molecule has 8 nitrogen and oxygen atoms in total. The number of phosphoric acid groups is 1. The number of allylic oxidation sites excluding steroid dienone is 6. The fourth-order valence-corrected chi connectivity index (χ4v) is 7.56. The van der Waals surface area contributed by atoms with E-state index in [1.165, 1.54) is 161 Å². The molecule has 59 heavy (non-hydrogen) atoms. The predicted molar refractivity (Wildman–Crippen MR) is 252 cm³/mol. The van der Waals surface area contributed by atoms with Crippen LogP contribution in [0.25, 0.3) is 0 Å². The Morgan fingerprint density at radius 3 is 1.41 bits per heavy atom. The van der Waals surface area contributed by atoms with Crippen LogP contribution in [0, 0.1) is 0 Å². The summed E-state index contributed by atoms with van der Waals surface area (Å²) in [4.78, 5) is 23.0. The third-order valence-electron chi connectivity index (χ3n) is 10.7. The van der Waals surface area contributed by atoms with Crippen LogP contribution in [-0.2, 0) is 27.9 Å². The number of ether oxygens (including phenoxy) is 2. The standard InChI is InChI=1S/C50H96NO7P/c1-6-8-10-12-14-16-18-20-22-24-26-28-30-32-34-36-38-40-42-45-55-47-49(48-57-59(53,54)56-46-44-51(3,4)5)58-50(52)43-41-39-37-35-33-31-29-27-25-23-21-19-17-15-13-11-9-7-2/h16,18,22-25,49H,6-15,17,19-21,26-48H2,1-5H3/p+1/b18-16-,24-22-,25-23-. The van der Waals surface area contributed by atoms with Crippen LogP contribution in [0.4, 0.5) is 0 Å². The highest BCUT2D eigenvalue weighted by Gasteiger charge is 2.26. The molecule has 0 amide bonds. The fourth-order valence-electron chi connectivity index (χ4n) is 6.81. The summed E-state index contributed by atoms with van der Waals surface area (Å²) >= 11 is 0. The van der Waals surface area contributed by atoms with Gasteiger partial charge in [-0.25, -0.2) is 4.57 Å². The molecule has 9 heteroatoms. The minimum Gasteiger partial charge on any atom is -0.457 e. The Balaban J connectivity index is 4.18. The van der Waals surface area contributed by atoms with Gasteiger partial charge in [-0.15, -0.1) is 0 Å². The number of carbonyl (C=O) groups is 1. The van der Waals surface area contributed by atoms with Crippen molar-refractivity contribution in [3.05, 3.63) is 36.5 Å². The highest BCUT2D eigenvalue weighted by Crippen LogP contribution is 2.43. The van der Waals surface area contributed by atoms with E-state index < -0.39 is 13.9 Å². The van der Waals surface area contributed by atoms with Gasteiger partial charge in [0.15, 0.2) is 0 Å². The molecule has 348 valence electrons. The number of esters is 1. The smallest absolute Gasteiger partial charge is 0.457 e. The first-order valence-electron chi connectivity index (χ1n) is 24.7. The van der Waals surface area contributed by atoms with Crippen LogP contribution in [0.1, 0.15) is 219 Å². The molecule has 1 N–H and O–H groups in total. The van der Waals surface area contributed by atoms with Crippen molar-refractivity contribution < 1.29 is 37.3 Å². The minimum atomic E-state index is -4.28. The highest BCUT2D eigenvalue weighted by molar-refractivity contribution is 7.47. The normalized spacial score (nSPS) is 13.9. The van der Waals surface area contributed by atoms with Gasteiger partial charge < -0.3 is 18.9 Å². The largest absolute Gasteiger partial charge is 0.472 e. The van der Waals surface area contributed by atoms with Gasteiger partial charge in [-0.3, -0.25) is 13.8 Å². The van der Waals surface area contributed by atoms with Gasteiger partial charge in [0.2, 0.25) is 0 Å². The summed E-state index contributed by atoms with van der Waals surface area (Å²) in [5.74, 6) is -0.319. The summed E-state index contributed by atoms with van der Waals surface area (Å²) in [6, 6.07) is 0. The monoisotopic (exact) mass is 855 g/mol. The molecule has 0 aliphatic rings. The molecule has 0 spiro atoms. The topological polar surface area (TPSA) is 91.3 Å². The van der Waals surface area contributed by atoms with E-state index in [0.717, 1.165) is 38.5 Å². The van der Waals surface area contributed by atoms with E-state index >= 15 is 0 Å². The molecule has 0 aromatic carbocycles. The molecule has 0 aromatic heterocycles. The van der Waals surface area contributed by atoms with Crippen LogP contribution in [0.2, 0.25) is 0 Å². The molecule has 0 aromatic rings. The fraction of sp³-hybridized carbons (Fsp3) is 0.860. The van der Waals surface area contributed by atoms with E-state index in [-0.39, 0.29) is 25.8 Å². The van der Waals surface area contributed by atoms with E-state index in [1.807, 2.05) is 21.1 Å². The molecule has 0 radical (unpaired) electrons. The minimum absolute atomic E-state index is 0.0867. The highest BCUT2D eigenvalue weighted by atomic mass is 31.2. The number of hydrogen-bond acceptors (Lipinski definition) is 6. The third-order valence-corrected chi connectivity index (χ3v) is 11.7. The lowest BCUT2D eigenvalue weighted by Gasteiger charge is -2.24. The number of nitrogens with zero attached hydrogens (tertiary/aromatic N) is 1. The molecule has 0 bridgehead atoms. The van der Waals surface area contributed by atoms with Crippen molar-refractivity contribution >= 4 is 13.8 Å². The third kappa shape index (κ3) is 47.6. The Morgan fingerprint density at radius 2 is 0.932 bits per heavy atom. The molecule has 0 saturated heterocycles. The number of rotatable bonds is 46. The molecule has 0 aliphatic heterocycles. The number of likely N-dealkylation sites (N-methyl/N-ethyl adjacent to an activating group) is 1. The van der Waals surface area contributed by atoms with Gasteiger partial charge >= 0.3 is 13.8 Å². The molecule has 0 heterocycles. The van der Waals surface area contributed by atoms with Gasteiger partial charge in [0.1, 0.15) is 19.3 Å². The number of hydrogen-bond donors (Lipinski definition) is 1. The zero-order valence-corrected chi connectivity index (χ0v) is 40.4. The molecule has 0 rings (SSSR count). The quantitative estimate of drug-likeness (QED) is 0.0214. The first kappa shape index (κ1) is 57.7. The number of unbranched alkanes of at least 4 members (excludes halogenated alkanes) is 26. The first-order chi connectivity index (χ1) is 28.6. The van der Waals surface area contributed by atoms with E-state index in [4.69, 9.17) is 18.5 Å². The van der Waals surface area contributed by atoms with Gasteiger partial charge in [-0.1, -0.05) is 179 Å². The van der Waals surface area contributed by atoms with Gasteiger partial charge in [0, 0.05) is 13.0 Å². The lowest BCUT2D eigenvalue weighted by molar-refractivity contribution is -0.870. The Labute approximate surface area is 365 Å². The van der Waals surface area contributed by atoms with Crippen molar-refractivity contribution in [1.29, 1.82) is 0 Å². The maximum Gasteiger partial charge on any atom is 0.472 e. The predicted octanol–water partition coefficient (Wildman–Crippen LogP) is 14.9. The average molecular weight is 855 g/mol. The summed E-state index contributed by atoms with van der Waals surface area (Å²) in [5, 5.41) is 0. The maximum atomic E-state index is 12.7. The van der Waals surface area contributed by atoms with Crippen LogP contribution in [-0.4, -0.2) is 75.6 Å². The number of quaternary nitrogens is 1. The van der Waals surface area contributed by atoms with E-state index in [1.54, 1.807) is 0 Å². The summed E-state index contributed by atoms with van der Waals surface area (Å²) < 4.78 is 35.1. The average Bonchev–Trinajstić information content (AvgIpc) is 3.19. The summed E-state index contributed by atoms with van der Waals surface area (Å²) in [7, 11) is 1.66. The molecule has 2 atom stereocenters. The second-order valence-electron chi connectivity index (χ2n) is 17.8. The molecule has 0 aliphatic carbocycles. The molecular formula is C50H97NO7P+. The Kier molecular flexibility index (Phi) is 42.4. The van der Waals surface area contributed by atoms with Gasteiger partial charge in [0.25, 0.3) is 0 Å². The van der Waals surface area contributed by atoms with Crippen LogP contribution >= 0.6 is 7.82 Å². The Bertz CT molecular complexity index is 1040. The molecule has 0 fully saturated rings. The van der Waals surface area contributed by atoms with E-state index in [9.17, 15) is 14.3 Å². The summed E-state index contributed by atoms with van der Waals surface area (Å²) in [6.07, 6.45) is 51.8. The zero-order chi connectivity index (χ0) is 43.4.